The van der Waals surface area contributed by atoms with Gasteiger partial charge in [0.15, 0.2) is 5.78 Å². The van der Waals surface area contributed by atoms with Crippen LogP contribution < -0.4 is 10.1 Å². The van der Waals surface area contributed by atoms with E-state index in [9.17, 15) is 10.1 Å². The first-order valence-corrected chi connectivity index (χ1v) is 7.19. The molecule has 0 bridgehead atoms. The zero-order valence-corrected chi connectivity index (χ0v) is 12.4. The first-order valence-electron chi connectivity index (χ1n) is 7.19. The lowest BCUT2D eigenvalue weighted by Crippen LogP contribution is -2.27. The summed E-state index contributed by atoms with van der Waals surface area (Å²) in [5, 5.41) is 12.4. The highest BCUT2D eigenvalue weighted by Crippen LogP contribution is 2.24. The highest BCUT2D eigenvalue weighted by molar-refractivity contribution is 5.84. The maximum atomic E-state index is 11.6. The number of nitrogens with zero attached hydrogens (tertiary/aromatic N) is 1. The van der Waals surface area contributed by atoms with Gasteiger partial charge < -0.3 is 14.8 Å². The molecule has 0 radical (unpaired) electrons. The van der Waals surface area contributed by atoms with E-state index in [0.29, 0.717) is 17.9 Å². The number of ether oxygens (including phenoxy) is 2. The van der Waals surface area contributed by atoms with E-state index in [0.717, 1.165) is 25.1 Å². The van der Waals surface area contributed by atoms with Crippen LogP contribution in [-0.2, 0) is 9.53 Å². The van der Waals surface area contributed by atoms with Crippen molar-refractivity contribution in [3.63, 3.8) is 0 Å². The van der Waals surface area contributed by atoms with Gasteiger partial charge in [-0.1, -0.05) is 13.3 Å². The molecule has 0 spiro atoms. The number of epoxide rings is 1. The minimum atomic E-state index is -0.215. The Morgan fingerprint density at radius 1 is 1.62 bits per heavy atom. The molecular weight excluding hydrogens is 268 g/mol. The van der Waals surface area contributed by atoms with Crippen molar-refractivity contribution in [2.75, 3.05) is 18.5 Å². The average molecular weight is 288 g/mol. The van der Waals surface area contributed by atoms with Gasteiger partial charge in [0.25, 0.3) is 0 Å². The number of carbonyl (C=O) groups is 1. The van der Waals surface area contributed by atoms with Crippen molar-refractivity contribution in [2.24, 2.45) is 0 Å². The zero-order chi connectivity index (χ0) is 15.2. The third kappa shape index (κ3) is 4.47. The smallest absolute Gasteiger partial charge is 0.151 e. The van der Waals surface area contributed by atoms with Crippen LogP contribution in [0.25, 0.3) is 0 Å². The highest BCUT2D eigenvalue weighted by atomic mass is 16.6. The Balaban J connectivity index is 2.06. The fourth-order valence-electron chi connectivity index (χ4n) is 2.05. The van der Waals surface area contributed by atoms with Gasteiger partial charge in [-0.3, -0.25) is 4.79 Å². The van der Waals surface area contributed by atoms with Crippen LogP contribution in [0.5, 0.6) is 5.75 Å². The first-order chi connectivity index (χ1) is 10.1. The van der Waals surface area contributed by atoms with Gasteiger partial charge in [-0.05, 0) is 31.5 Å². The van der Waals surface area contributed by atoms with E-state index in [1.165, 1.54) is 0 Å². The van der Waals surface area contributed by atoms with E-state index in [4.69, 9.17) is 9.47 Å². The van der Waals surface area contributed by atoms with Gasteiger partial charge in [0, 0.05) is 5.69 Å². The summed E-state index contributed by atoms with van der Waals surface area (Å²) in [6, 6.07) is 7.21. The number of nitriles is 1. The lowest BCUT2D eigenvalue weighted by Gasteiger charge is -2.17. The van der Waals surface area contributed by atoms with Gasteiger partial charge >= 0.3 is 0 Å². The van der Waals surface area contributed by atoms with Gasteiger partial charge in [-0.15, -0.1) is 0 Å². The zero-order valence-electron chi connectivity index (χ0n) is 12.4. The van der Waals surface area contributed by atoms with Gasteiger partial charge in [0.05, 0.1) is 18.2 Å². The number of Topliss-reactive ketones (excluding diaryl/α,β-unsaturated/α-hetero) is 1. The number of carbonyl (C=O) groups excluding carboxylic acids is 1. The molecular formula is C16H20N2O3. The Morgan fingerprint density at radius 2 is 2.38 bits per heavy atom. The lowest BCUT2D eigenvalue weighted by molar-refractivity contribution is -0.117. The number of benzene rings is 1. The van der Waals surface area contributed by atoms with Crippen LogP contribution in [0.4, 0.5) is 5.69 Å². The van der Waals surface area contributed by atoms with Crippen molar-refractivity contribution in [3.8, 4) is 11.8 Å². The van der Waals surface area contributed by atoms with Crippen LogP contribution in [0.3, 0.4) is 0 Å². The highest BCUT2D eigenvalue weighted by Gasteiger charge is 2.23. The molecule has 1 aromatic carbocycles. The fraction of sp³-hybridized carbons (Fsp3) is 0.500. The van der Waals surface area contributed by atoms with Gasteiger partial charge in [0.2, 0.25) is 0 Å². The number of ketones is 1. The molecule has 0 aromatic heterocycles. The number of anilines is 1. The Kier molecular flexibility index (Phi) is 5.18. The number of hydrogen-bond donors (Lipinski definition) is 1. The molecule has 2 atom stereocenters. The first kappa shape index (κ1) is 15.3. The molecule has 1 N–H and O–H groups in total. The maximum Gasteiger partial charge on any atom is 0.151 e. The van der Waals surface area contributed by atoms with Crippen molar-refractivity contribution in [2.45, 2.75) is 38.8 Å². The molecule has 112 valence electrons. The second kappa shape index (κ2) is 7.09. The normalized spacial score (nSPS) is 17.7. The molecule has 1 fully saturated rings. The van der Waals surface area contributed by atoms with Gasteiger partial charge in [0.1, 0.15) is 24.5 Å². The van der Waals surface area contributed by atoms with Crippen LogP contribution in [0.1, 0.15) is 32.3 Å². The summed E-state index contributed by atoms with van der Waals surface area (Å²) in [4.78, 5) is 11.6. The summed E-state index contributed by atoms with van der Waals surface area (Å²) in [6.45, 7) is 4.80. The third-order valence-corrected chi connectivity index (χ3v) is 3.34. The molecule has 2 unspecified atom stereocenters. The lowest BCUT2D eigenvalue weighted by atomic mass is 10.1. The summed E-state index contributed by atoms with van der Waals surface area (Å²) < 4.78 is 10.6. The summed E-state index contributed by atoms with van der Waals surface area (Å²) in [7, 11) is 0. The molecule has 2 rings (SSSR count). The number of hydrogen-bond acceptors (Lipinski definition) is 5. The van der Waals surface area contributed by atoms with Crippen LogP contribution in [0.15, 0.2) is 18.2 Å². The maximum absolute atomic E-state index is 11.6. The van der Waals surface area contributed by atoms with E-state index in [1.54, 1.807) is 19.1 Å². The summed E-state index contributed by atoms with van der Waals surface area (Å²) in [6.07, 6.45) is 1.85. The van der Waals surface area contributed by atoms with Crippen molar-refractivity contribution in [3.05, 3.63) is 23.8 Å². The Hall–Kier alpha value is -2.06. The molecule has 0 saturated carbocycles. The van der Waals surface area contributed by atoms with E-state index in [-0.39, 0.29) is 17.9 Å². The minimum absolute atomic E-state index is 0.0987. The van der Waals surface area contributed by atoms with E-state index >= 15 is 0 Å². The second-order valence-electron chi connectivity index (χ2n) is 5.19. The van der Waals surface area contributed by atoms with Crippen molar-refractivity contribution in [1.29, 1.82) is 5.26 Å². The van der Waals surface area contributed by atoms with Crippen molar-refractivity contribution in [1.82, 2.24) is 0 Å². The fourth-order valence-corrected chi connectivity index (χ4v) is 2.05. The molecule has 5 nitrogen and oxygen atoms in total. The van der Waals surface area contributed by atoms with Crippen LogP contribution in [0.2, 0.25) is 0 Å². The topological polar surface area (TPSA) is 74.7 Å². The third-order valence-electron chi connectivity index (χ3n) is 3.34. The largest absolute Gasteiger partial charge is 0.489 e. The van der Waals surface area contributed by atoms with E-state index in [2.05, 4.69) is 11.4 Å². The molecule has 1 heterocycles. The predicted molar refractivity (Wildman–Crippen MR) is 79.4 cm³/mol. The van der Waals surface area contributed by atoms with Crippen LogP contribution in [0, 0.1) is 11.3 Å². The standard InChI is InChI=1S/C16H20N2O3/c1-3-4-15(11(2)19)18-13-5-6-16(12(7-13)8-17)21-10-14-9-20-14/h5-7,14-15,18H,3-4,9-10H2,1-2H3. The van der Waals surface area contributed by atoms with Gasteiger partial charge in [-0.25, -0.2) is 0 Å². The summed E-state index contributed by atoms with van der Waals surface area (Å²) in [5.41, 5.74) is 1.22. The average Bonchev–Trinajstić information content (AvgIpc) is 3.29. The Bertz CT molecular complexity index is 547. The predicted octanol–water partition coefficient (Wildman–Crippen LogP) is 2.51. The molecule has 0 amide bonds. The summed E-state index contributed by atoms with van der Waals surface area (Å²) in [5.74, 6) is 0.648. The molecule has 1 aromatic rings. The molecule has 0 aliphatic carbocycles. The molecule has 5 heteroatoms. The van der Waals surface area contributed by atoms with E-state index in [1.807, 2.05) is 13.0 Å². The number of nitrogens with one attached hydrogen (secondary N) is 1. The Morgan fingerprint density at radius 3 is 2.95 bits per heavy atom. The van der Waals surface area contributed by atoms with Crippen molar-refractivity contribution >= 4 is 11.5 Å². The molecule has 1 aliphatic rings. The molecule has 1 saturated heterocycles. The van der Waals surface area contributed by atoms with Crippen LogP contribution >= 0.6 is 0 Å². The summed E-state index contributed by atoms with van der Waals surface area (Å²) >= 11 is 0. The Labute approximate surface area is 124 Å². The van der Waals surface area contributed by atoms with Crippen LogP contribution in [-0.4, -0.2) is 31.1 Å². The van der Waals surface area contributed by atoms with E-state index < -0.39 is 0 Å². The quantitative estimate of drug-likeness (QED) is 0.744. The van der Waals surface area contributed by atoms with Crippen molar-refractivity contribution < 1.29 is 14.3 Å². The second-order valence-corrected chi connectivity index (χ2v) is 5.19. The number of rotatable bonds is 8. The molecule has 21 heavy (non-hydrogen) atoms. The monoisotopic (exact) mass is 288 g/mol. The molecule has 1 aliphatic heterocycles. The minimum Gasteiger partial charge on any atom is -0.489 e. The SMILES string of the molecule is CCCC(Nc1ccc(OCC2CO2)c(C#N)c1)C(C)=O. The van der Waals surface area contributed by atoms with Gasteiger partial charge in [-0.2, -0.15) is 5.26 Å².